The highest BCUT2D eigenvalue weighted by molar-refractivity contribution is 7.24. The fourth-order valence-corrected chi connectivity index (χ4v) is 17.6. The smallest absolute Gasteiger partial charge is 0.239 e. The van der Waals surface area contributed by atoms with E-state index < -0.39 is 0 Å². The van der Waals surface area contributed by atoms with Gasteiger partial charge in [0.25, 0.3) is 0 Å². The van der Waals surface area contributed by atoms with Crippen LogP contribution in [0.3, 0.4) is 0 Å². The summed E-state index contributed by atoms with van der Waals surface area (Å²) >= 11 is 8.02. The van der Waals surface area contributed by atoms with Crippen LogP contribution in [0.15, 0.2) is 146 Å². The lowest BCUT2D eigenvalue weighted by atomic mass is 10.1. The summed E-state index contributed by atoms with van der Waals surface area (Å²) < 4.78 is 5.03. The number of carbonyl (C=O) groups is 3. The molecule has 17 rings (SSSR count). The average Bonchev–Trinajstić information content (AvgIpc) is 1.67. The topological polar surface area (TPSA) is 516 Å². The number of likely N-dealkylation sites (N-methyl/N-ethyl adjacent to an activating group) is 2. The minimum Gasteiger partial charge on any atom is -0.396 e. The monoisotopic (exact) mass is 1670 g/mol. The molecule has 0 bridgehead atoms. The first-order chi connectivity index (χ1) is 56.8. The third-order valence-electron chi connectivity index (χ3n) is 18.4. The van der Waals surface area contributed by atoms with E-state index in [9.17, 15) is 14.4 Å². The molecule has 1 saturated carbocycles. The number of amides is 2. The van der Waals surface area contributed by atoms with E-state index in [1.54, 1.807) is 106 Å². The van der Waals surface area contributed by atoms with E-state index in [2.05, 4.69) is 109 Å². The van der Waals surface area contributed by atoms with E-state index in [1.165, 1.54) is 5.56 Å². The normalized spacial score (nSPS) is 11.7. The van der Waals surface area contributed by atoms with Crippen LogP contribution in [0.2, 0.25) is 0 Å². The fraction of sp³-hybridized carbons (Fsp3) is 0.253. The number of aryl methyl sites for hydroxylation is 1. The van der Waals surface area contributed by atoms with Gasteiger partial charge in [-0.3, -0.25) is 39.9 Å². The summed E-state index contributed by atoms with van der Waals surface area (Å²) in [4.78, 5) is 67.0. The van der Waals surface area contributed by atoms with Crippen molar-refractivity contribution in [3.8, 4) is 52.9 Å². The van der Waals surface area contributed by atoms with Crippen molar-refractivity contribution in [1.82, 2.24) is 86.1 Å². The molecule has 15 heterocycles. The van der Waals surface area contributed by atoms with Gasteiger partial charge in [-0.2, -0.15) is 25.5 Å². The van der Waals surface area contributed by atoms with Gasteiger partial charge in [-0.05, 0) is 92.9 Å². The van der Waals surface area contributed by atoms with E-state index in [0.717, 1.165) is 151 Å². The minimum atomic E-state index is -0.212. The van der Waals surface area contributed by atoms with Gasteiger partial charge in [-0.25, -0.2) is 24.9 Å². The van der Waals surface area contributed by atoms with Crippen LogP contribution in [-0.4, -0.2) is 192 Å². The third kappa shape index (κ3) is 21.3. The van der Waals surface area contributed by atoms with Crippen LogP contribution in [0.1, 0.15) is 44.2 Å². The molecule has 1 aliphatic rings. The number of aliphatic hydroxyl groups is 3. The Kier molecular flexibility index (Phi) is 27.2. The van der Waals surface area contributed by atoms with Gasteiger partial charge in [0.05, 0.1) is 158 Å². The molecule has 0 saturated heterocycles. The number of ketones is 1. The summed E-state index contributed by atoms with van der Waals surface area (Å²) in [6, 6.07) is 36.9. The van der Waals surface area contributed by atoms with Crippen molar-refractivity contribution in [2.24, 2.45) is 5.92 Å². The lowest BCUT2D eigenvalue weighted by Gasteiger charge is -2.21. The number of nitrogen functional groups attached to an aromatic ring is 5. The van der Waals surface area contributed by atoms with Gasteiger partial charge in [0.15, 0.2) is 5.78 Å². The molecule has 0 unspecified atom stereocenters. The molecular weight excluding hydrogens is 1580 g/mol. The number of anilines is 10. The van der Waals surface area contributed by atoms with E-state index in [-0.39, 0.29) is 49.9 Å². The van der Waals surface area contributed by atoms with Gasteiger partial charge >= 0.3 is 0 Å². The maximum Gasteiger partial charge on any atom is 0.239 e. The number of nitrogens with zero attached hydrogens (tertiary/aromatic N) is 12. The molecular formula is C79H89N27O6S5. The molecule has 0 spiro atoms. The summed E-state index contributed by atoms with van der Waals surface area (Å²) in [5.41, 5.74) is 45.0. The van der Waals surface area contributed by atoms with Crippen LogP contribution in [0.4, 0.5) is 57.5 Å². The van der Waals surface area contributed by atoms with Gasteiger partial charge in [0.2, 0.25) is 11.8 Å². The number of aliphatic hydroxyl groups excluding tert-OH is 3. The number of aromatic nitrogens is 15. The Balaban J connectivity index is 0.000000128. The number of rotatable bonds is 28. The lowest BCUT2D eigenvalue weighted by molar-refractivity contribution is -0.130. The lowest BCUT2D eigenvalue weighted by Crippen LogP contribution is -2.35. The van der Waals surface area contributed by atoms with Crippen LogP contribution < -0.4 is 60.2 Å². The molecule has 606 valence electrons. The summed E-state index contributed by atoms with van der Waals surface area (Å²) in [6.07, 6.45) is 11.7. The van der Waals surface area contributed by atoms with Crippen molar-refractivity contribution in [1.29, 1.82) is 0 Å². The highest BCUT2D eigenvalue weighted by atomic mass is 32.1. The van der Waals surface area contributed by atoms with E-state index in [4.69, 9.17) is 44.0 Å². The van der Waals surface area contributed by atoms with Gasteiger partial charge in [-0.1, -0.05) is 36.8 Å². The number of thiophene rings is 5. The van der Waals surface area contributed by atoms with Crippen molar-refractivity contribution < 1.29 is 29.7 Å². The van der Waals surface area contributed by atoms with Crippen LogP contribution in [0.25, 0.3) is 104 Å². The molecule has 16 aromatic rings. The van der Waals surface area contributed by atoms with Crippen molar-refractivity contribution in [2.75, 3.05) is 128 Å². The molecule has 117 heavy (non-hydrogen) atoms. The zero-order valence-electron chi connectivity index (χ0n) is 64.3. The Morgan fingerprint density at radius 1 is 0.496 bits per heavy atom. The first-order valence-corrected chi connectivity index (χ1v) is 41.5. The number of nitrogens with two attached hydrogens (primary N) is 5. The SMILES string of the molecule is CCC(=O)CNc1cc(N)nc2cc(-c3ccn[nH]3)sc12.CCN(CCNc1cc(N)nc2cc(-c3ccn[nH]3)sc12)C(=O)Cc1cccc(C)c1.CN(CCO)c1cc(N)nc2cc(-c3ccn[nH]3)sc12.Nc1cc(NCC(=O)NC2CC2)c2sc(-c3ccn[nH]3)cc2n1.Nc1cc(NCC(CO)CO)c2sc(-c3ccn[nH]3)cc2n1. The number of Topliss-reactive ketones (excluding diaryl/α,β-unsaturated/α-hetero) is 1. The highest BCUT2D eigenvalue weighted by Gasteiger charge is 2.24. The molecule has 0 aliphatic heterocycles. The Morgan fingerprint density at radius 2 is 0.889 bits per heavy atom. The molecule has 23 N–H and O–H groups in total. The van der Waals surface area contributed by atoms with Crippen molar-refractivity contribution >= 4 is 183 Å². The number of fused-ring (bicyclic) bond motifs is 5. The quantitative estimate of drug-likeness (QED) is 0.0216. The Labute approximate surface area is 690 Å². The number of aromatic amines is 5. The summed E-state index contributed by atoms with van der Waals surface area (Å²) in [5.74, 6) is 2.31. The van der Waals surface area contributed by atoms with Crippen molar-refractivity contribution in [3.05, 3.63) is 157 Å². The molecule has 0 atom stereocenters. The molecule has 0 radical (unpaired) electrons. The second kappa shape index (κ2) is 38.6. The zero-order chi connectivity index (χ0) is 82.1. The predicted octanol–water partition coefficient (Wildman–Crippen LogP) is 11.7. The number of hydrogen-bond acceptors (Lipinski definition) is 31. The summed E-state index contributed by atoms with van der Waals surface area (Å²) in [7, 11) is 1.93. The highest BCUT2D eigenvalue weighted by Crippen LogP contribution is 2.42. The number of benzene rings is 1. The van der Waals surface area contributed by atoms with Crippen molar-refractivity contribution in [2.45, 2.75) is 52.5 Å². The van der Waals surface area contributed by atoms with Crippen molar-refractivity contribution in [3.63, 3.8) is 0 Å². The Morgan fingerprint density at radius 3 is 1.26 bits per heavy atom. The maximum absolute atomic E-state index is 12.8. The summed E-state index contributed by atoms with van der Waals surface area (Å²) in [5, 5.41) is 78.0. The molecule has 1 aromatic carbocycles. The van der Waals surface area contributed by atoms with Gasteiger partial charge in [-0.15, -0.1) is 56.7 Å². The second-order valence-electron chi connectivity index (χ2n) is 27.2. The molecule has 33 nitrogen and oxygen atoms in total. The number of carbonyl (C=O) groups excluding carboxylic acids is 3. The van der Waals surface area contributed by atoms with Gasteiger partial charge in [0, 0.05) is 133 Å². The molecule has 1 aliphatic carbocycles. The van der Waals surface area contributed by atoms with Crippen LogP contribution in [0, 0.1) is 12.8 Å². The third-order valence-corrected chi connectivity index (χ3v) is 24.3. The van der Waals surface area contributed by atoms with Gasteiger partial charge in [0.1, 0.15) is 29.1 Å². The van der Waals surface area contributed by atoms with Crippen LogP contribution in [-0.2, 0) is 20.8 Å². The molecule has 2 amide bonds. The average molecular weight is 1670 g/mol. The number of H-pyrrole nitrogens is 5. The van der Waals surface area contributed by atoms with E-state index in [1.807, 2.05) is 129 Å². The van der Waals surface area contributed by atoms with E-state index in [0.29, 0.717) is 87.2 Å². The van der Waals surface area contributed by atoms with E-state index >= 15 is 0 Å². The molecule has 38 heteroatoms. The zero-order valence-corrected chi connectivity index (χ0v) is 68.4. The van der Waals surface area contributed by atoms with Crippen LogP contribution >= 0.6 is 56.7 Å². The first kappa shape index (κ1) is 82.3. The standard InChI is InChI=1S/C23H26N6OS.C15H16N6OS.C14H17N5O2S.C14H15N5OS.C13H15N5OS/c1-3-29(22(30)12-16-6-4-5-15(2)11-16)10-9-25-18-14-21(24)27-19-13-20(31-23(18)19)17-7-8-26-28-17;16-13-6-10(17-7-14(22)19-8-1-2-8)15-11(20-13)5-12(23-15)9-3-4-18-21-9;15-13-4-10(16-5-8(6-20)7-21)14-11(18-13)3-12(22-14)9-1-2-17-19-9;1-2-8(20)7-16-10-6-13(15)18-11-5-12(21-14(10)11)9-3-4-17-19-9;1-18(4-5-19)10-7-12(14)16-9-6-11(20-13(9)10)8-2-3-15-17-8/h4-8,11,13-14H,3,9-10,12H2,1-2H3,(H,26,28)(H3,24,25,27);3-6,8H,1-2,7H2,(H,18,21)(H,19,22)(H3,16,17,20);1-4,8,20-21H,5-7H2,(H,17,19)(H3,15,16,18);3-6H,2,7H2,1H3,(H,17,19)(H3,15,16,18);2-3,6-7,19H,4-5H2,1H3,(H2,14,16)(H,15,17). The number of pyridine rings is 5. The molecule has 1 fully saturated rings. The number of nitrogens with one attached hydrogen (secondary N) is 10. The maximum atomic E-state index is 12.8. The largest absolute Gasteiger partial charge is 0.396 e. The minimum absolute atomic E-state index is 0.00128. The summed E-state index contributed by atoms with van der Waals surface area (Å²) in [6.45, 7) is 9.30. The molecule has 15 aromatic heterocycles. The Bertz CT molecular complexity index is 5960. The van der Waals surface area contributed by atoms with Crippen LogP contribution in [0.5, 0.6) is 0 Å². The fourth-order valence-electron chi connectivity index (χ4n) is 12.2. The first-order valence-electron chi connectivity index (χ1n) is 37.4. The Hall–Kier alpha value is -12.7. The number of hydrogen-bond donors (Lipinski definition) is 18. The predicted molar refractivity (Wildman–Crippen MR) is 474 cm³/mol. The van der Waals surface area contributed by atoms with Gasteiger partial charge < -0.3 is 80.4 Å². The second-order valence-corrected chi connectivity index (χ2v) is 32.4.